The van der Waals surface area contributed by atoms with Crippen molar-refractivity contribution in [3.63, 3.8) is 0 Å². The second kappa shape index (κ2) is 8.44. The van der Waals surface area contributed by atoms with Crippen molar-refractivity contribution in [2.45, 2.75) is 53.2 Å². The molecule has 1 unspecified atom stereocenters. The number of carbonyl (C=O) groups is 3. The number of ether oxygens (including phenoxy) is 2. The molecule has 0 aliphatic carbocycles. The topological polar surface area (TPSA) is 81.7 Å². The van der Waals surface area contributed by atoms with Crippen molar-refractivity contribution in [3.05, 3.63) is 12.2 Å². The Kier molecular flexibility index (Phi) is 7.70. The molecule has 0 saturated heterocycles. The van der Waals surface area contributed by atoms with Gasteiger partial charge in [-0.05, 0) is 39.7 Å². The monoisotopic (exact) mass is 299 g/mol. The highest BCUT2D eigenvalue weighted by Gasteiger charge is 2.25. The molecule has 0 fully saturated rings. The van der Waals surface area contributed by atoms with Crippen LogP contribution < -0.4 is 5.32 Å². The minimum atomic E-state index is -0.759. The van der Waals surface area contributed by atoms with Crippen LogP contribution in [0.3, 0.4) is 0 Å². The number of esters is 1. The third-order valence-corrected chi connectivity index (χ3v) is 2.32. The van der Waals surface area contributed by atoms with Crippen molar-refractivity contribution < 1.29 is 23.9 Å². The highest BCUT2D eigenvalue weighted by atomic mass is 16.6. The zero-order chi connectivity index (χ0) is 16.6. The molecule has 0 aromatic rings. The first kappa shape index (κ1) is 19.1. The van der Waals surface area contributed by atoms with Gasteiger partial charge in [-0.1, -0.05) is 13.8 Å². The number of alkyl carbamates (subject to hydrolysis) is 1. The van der Waals surface area contributed by atoms with Crippen LogP contribution >= 0.6 is 0 Å². The summed E-state index contributed by atoms with van der Waals surface area (Å²) in [6.45, 7) is 10.7. The molecule has 0 aliphatic rings. The summed E-state index contributed by atoms with van der Waals surface area (Å²) >= 11 is 0. The van der Waals surface area contributed by atoms with E-state index in [9.17, 15) is 14.4 Å². The van der Waals surface area contributed by atoms with Crippen molar-refractivity contribution in [2.75, 3.05) is 6.61 Å². The maximum absolute atomic E-state index is 12.0. The van der Waals surface area contributed by atoms with E-state index < -0.39 is 23.7 Å². The van der Waals surface area contributed by atoms with Gasteiger partial charge in [0.15, 0.2) is 5.78 Å². The van der Waals surface area contributed by atoms with Crippen molar-refractivity contribution in [1.29, 1.82) is 0 Å². The van der Waals surface area contributed by atoms with E-state index in [1.807, 2.05) is 0 Å². The molecular weight excluding hydrogens is 274 g/mol. The first-order chi connectivity index (χ1) is 9.56. The Morgan fingerprint density at radius 1 is 1.14 bits per heavy atom. The molecule has 0 aromatic heterocycles. The maximum atomic E-state index is 12.0. The van der Waals surface area contributed by atoms with Gasteiger partial charge in [0.05, 0.1) is 12.6 Å². The molecule has 0 spiro atoms. The summed E-state index contributed by atoms with van der Waals surface area (Å²) in [5.41, 5.74) is -0.643. The molecule has 0 saturated carbocycles. The lowest BCUT2D eigenvalue weighted by molar-refractivity contribution is -0.137. The minimum Gasteiger partial charge on any atom is -0.463 e. The number of nitrogens with one attached hydrogen (secondary N) is 1. The van der Waals surface area contributed by atoms with Crippen molar-refractivity contribution in [3.8, 4) is 0 Å². The van der Waals surface area contributed by atoms with Gasteiger partial charge in [-0.25, -0.2) is 9.59 Å². The lowest BCUT2D eigenvalue weighted by atomic mass is 10.00. The van der Waals surface area contributed by atoms with E-state index in [0.29, 0.717) is 0 Å². The fourth-order valence-corrected chi connectivity index (χ4v) is 1.45. The SMILES string of the molecule is CCOC(=O)/C=C/C(=O)C(NC(=O)OC(C)(C)C)C(C)C. The molecule has 0 bridgehead atoms. The van der Waals surface area contributed by atoms with Crippen LogP contribution in [-0.4, -0.2) is 36.1 Å². The van der Waals surface area contributed by atoms with E-state index in [2.05, 4.69) is 10.1 Å². The summed E-state index contributed by atoms with van der Waals surface area (Å²) in [5.74, 6) is -1.12. The van der Waals surface area contributed by atoms with Gasteiger partial charge >= 0.3 is 12.1 Å². The van der Waals surface area contributed by atoms with Gasteiger partial charge in [-0.15, -0.1) is 0 Å². The second-order valence-electron chi connectivity index (χ2n) is 5.86. The van der Waals surface area contributed by atoms with Crippen molar-refractivity contribution in [1.82, 2.24) is 5.32 Å². The van der Waals surface area contributed by atoms with Crippen LogP contribution in [0.15, 0.2) is 12.2 Å². The molecule has 120 valence electrons. The predicted molar refractivity (Wildman–Crippen MR) is 78.8 cm³/mol. The third-order valence-electron chi connectivity index (χ3n) is 2.32. The summed E-state index contributed by atoms with van der Waals surface area (Å²) in [7, 11) is 0. The average molecular weight is 299 g/mol. The van der Waals surface area contributed by atoms with Gasteiger partial charge in [-0.3, -0.25) is 4.79 Å². The summed E-state index contributed by atoms with van der Waals surface area (Å²) in [4.78, 5) is 34.9. The lowest BCUT2D eigenvalue weighted by Crippen LogP contribution is -2.45. The zero-order valence-electron chi connectivity index (χ0n) is 13.6. The van der Waals surface area contributed by atoms with Crippen LogP contribution in [-0.2, 0) is 19.1 Å². The van der Waals surface area contributed by atoms with E-state index in [1.165, 1.54) is 0 Å². The molecule has 0 aliphatic heterocycles. The van der Waals surface area contributed by atoms with E-state index >= 15 is 0 Å². The van der Waals surface area contributed by atoms with E-state index in [-0.39, 0.29) is 18.3 Å². The van der Waals surface area contributed by atoms with Crippen LogP contribution in [0.2, 0.25) is 0 Å². The van der Waals surface area contributed by atoms with E-state index in [0.717, 1.165) is 12.2 Å². The number of ketones is 1. The standard InChI is InChI=1S/C15H25NO5/c1-7-20-12(18)9-8-11(17)13(10(2)3)16-14(19)21-15(4,5)6/h8-10,13H,7H2,1-6H3,(H,16,19)/b9-8+. The molecule has 0 radical (unpaired) electrons. The normalized spacial score (nSPS) is 13.1. The van der Waals surface area contributed by atoms with Crippen LogP contribution in [0.5, 0.6) is 0 Å². The zero-order valence-corrected chi connectivity index (χ0v) is 13.6. The number of hydrogen-bond acceptors (Lipinski definition) is 5. The minimum absolute atomic E-state index is 0.142. The Labute approximate surface area is 125 Å². The highest BCUT2D eigenvalue weighted by molar-refractivity contribution is 6.00. The Morgan fingerprint density at radius 2 is 1.71 bits per heavy atom. The molecule has 0 heterocycles. The first-order valence-electron chi connectivity index (χ1n) is 6.95. The first-order valence-corrected chi connectivity index (χ1v) is 6.95. The van der Waals surface area contributed by atoms with Gasteiger partial charge in [0.1, 0.15) is 5.60 Å². The smallest absolute Gasteiger partial charge is 0.408 e. The van der Waals surface area contributed by atoms with Crippen LogP contribution in [0.4, 0.5) is 4.79 Å². The average Bonchev–Trinajstić information content (AvgIpc) is 2.31. The summed E-state index contributed by atoms with van der Waals surface area (Å²) in [6.07, 6.45) is 1.50. The molecule has 0 rings (SSSR count). The Balaban J connectivity index is 4.72. The van der Waals surface area contributed by atoms with Crippen molar-refractivity contribution in [2.24, 2.45) is 5.92 Å². The third kappa shape index (κ3) is 8.83. The van der Waals surface area contributed by atoms with Gasteiger partial charge in [0, 0.05) is 6.08 Å². The quantitative estimate of drug-likeness (QED) is 0.601. The van der Waals surface area contributed by atoms with Gasteiger partial charge in [0.25, 0.3) is 0 Å². The number of rotatable bonds is 6. The van der Waals surface area contributed by atoms with E-state index in [1.54, 1.807) is 41.5 Å². The molecule has 1 atom stereocenters. The van der Waals surface area contributed by atoms with Crippen molar-refractivity contribution >= 4 is 17.8 Å². The molecule has 21 heavy (non-hydrogen) atoms. The Bertz CT molecular complexity index is 407. The predicted octanol–water partition coefficient (Wildman–Crippen LogP) is 2.22. The van der Waals surface area contributed by atoms with Crippen LogP contribution in [0.1, 0.15) is 41.5 Å². The van der Waals surface area contributed by atoms with Gasteiger partial charge in [-0.2, -0.15) is 0 Å². The van der Waals surface area contributed by atoms with Crippen LogP contribution in [0.25, 0.3) is 0 Å². The molecule has 1 N–H and O–H groups in total. The molecule has 6 nitrogen and oxygen atoms in total. The second-order valence-corrected chi connectivity index (χ2v) is 5.86. The maximum Gasteiger partial charge on any atom is 0.408 e. The fraction of sp³-hybridized carbons (Fsp3) is 0.667. The molecule has 6 heteroatoms. The number of carbonyl (C=O) groups excluding carboxylic acids is 3. The highest BCUT2D eigenvalue weighted by Crippen LogP contribution is 2.09. The largest absolute Gasteiger partial charge is 0.463 e. The summed E-state index contributed by atoms with van der Waals surface area (Å²) < 4.78 is 9.80. The Morgan fingerprint density at radius 3 is 2.14 bits per heavy atom. The van der Waals surface area contributed by atoms with Crippen LogP contribution in [0, 0.1) is 5.92 Å². The number of hydrogen-bond donors (Lipinski definition) is 1. The molecule has 0 aromatic carbocycles. The fourth-order valence-electron chi connectivity index (χ4n) is 1.45. The van der Waals surface area contributed by atoms with Gasteiger partial charge < -0.3 is 14.8 Å². The lowest BCUT2D eigenvalue weighted by Gasteiger charge is -2.24. The Hall–Kier alpha value is -1.85. The summed E-state index contributed by atoms with van der Waals surface area (Å²) in [5, 5.41) is 2.51. The van der Waals surface area contributed by atoms with E-state index in [4.69, 9.17) is 4.74 Å². The number of amides is 1. The molecular formula is C15H25NO5. The molecule has 1 amide bonds. The summed E-state index contributed by atoms with van der Waals surface area (Å²) in [6, 6.07) is -0.759. The van der Waals surface area contributed by atoms with Gasteiger partial charge in [0.2, 0.25) is 0 Å².